The molecule has 0 bridgehead atoms. The quantitative estimate of drug-likeness (QED) is 0.488. The third kappa shape index (κ3) is 3.39. The van der Waals surface area contributed by atoms with Crippen LogP contribution in [0.3, 0.4) is 0 Å². The molecule has 1 aromatic heterocycles. The number of allylic oxidation sites excluding steroid dienone is 4. The molecule has 0 amide bonds. The topological polar surface area (TPSA) is 37.3 Å². The van der Waals surface area contributed by atoms with Gasteiger partial charge in [-0.15, -0.1) is 11.3 Å². The molecule has 0 fully saturated rings. The van der Waals surface area contributed by atoms with Gasteiger partial charge in [0.2, 0.25) is 5.78 Å². The second-order valence-corrected chi connectivity index (χ2v) is 4.28. The minimum atomic E-state index is -0.912. The van der Waals surface area contributed by atoms with Crippen LogP contribution in [0.2, 0.25) is 0 Å². The van der Waals surface area contributed by atoms with Crippen molar-refractivity contribution in [3.63, 3.8) is 0 Å². The molecule has 1 aromatic rings. The zero-order valence-electron chi connectivity index (χ0n) is 9.44. The fraction of sp³-hybridized carbons (Fsp3) is 0.154. The van der Waals surface area contributed by atoms with E-state index in [1.165, 1.54) is 11.3 Å². The first-order valence-corrected chi connectivity index (χ1v) is 5.96. The fourth-order valence-corrected chi connectivity index (χ4v) is 1.89. The van der Waals surface area contributed by atoms with E-state index in [-0.39, 0.29) is 12.0 Å². The lowest BCUT2D eigenvalue weighted by atomic mass is 10.1. The van der Waals surface area contributed by atoms with Gasteiger partial charge < -0.3 is 5.11 Å². The summed E-state index contributed by atoms with van der Waals surface area (Å²) >= 11 is 1.42. The van der Waals surface area contributed by atoms with Crippen molar-refractivity contribution in [2.45, 2.75) is 13.3 Å². The molecule has 0 unspecified atom stereocenters. The number of thiophene rings is 1. The van der Waals surface area contributed by atoms with Crippen LogP contribution in [0.25, 0.3) is 5.57 Å². The molecular weight excluding hydrogens is 239 g/mol. The van der Waals surface area contributed by atoms with E-state index in [9.17, 15) is 9.18 Å². The van der Waals surface area contributed by atoms with Crippen molar-refractivity contribution in [3.05, 3.63) is 52.7 Å². The minimum absolute atomic E-state index is 0.0396. The van der Waals surface area contributed by atoms with Crippen LogP contribution in [0, 0.1) is 0 Å². The Balaban J connectivity index is 2.86. The molecule has 1 heterocycles. The molecule has 0 saturated heterocycles. The van der Waals surface area contributed by atoms with Crippen LogP contribution in [-0.4, -0.2) is 10.9 Å². The summed E-state index contributed by atoms with van der Waals surface area (Å²) in [7, 11) is 0. The Kier molecular flexibility index (Phi) is 4.84. The summed E-state index contributed by atoms with van der Waals surface area (Å²) in [4.78, 5) is 12.3. The molecular formula is C13H13FO2S. The van der Waals surface area contributed by atoms with E-state index >= 15 is 0 Å². The van der Waals surface area contributed by atoms with E-state index in [4.69, 9.17) is 5.11 Å². The number of carbonyl (C=O) groups excluding carboxylic acids is 1. The summed E-state index contributed by atoms with van der Waals surface area (Å²) in [6.07, 6.45) is 2.01. The average Bonchev–Trinajstić information content (AvgIpc) is 2.83. The van der Waals surface area contributed by atoms with Gasteiger partial charge in [-0.05, 0) is 29.5 Å². The molecule has 1 N–H and O–H groups in total. The van der Waals surface area contributed by atoms with Gasteiger partial charge in [-0.2, -0.15) is 0 Å². The van der Waals surface area contributed by atoms with E-state index in [0.717, 1.165) is 11.0 Å². The number of aliphatic hydroxyl groups excluding tert-OH is 1. The lowest BCUT2D eigenvalue weighted by Gasteiger charge is -2.00. The second-order valence-electron chi connectivity index (χ2n) is 3.33. The fourth-order valence-electron chi connectivity index (χ4n) is 1.21. The van der Waals surface area contributed by atoms with Crippen LogP contribution in [0.15, 0.2) is 47.8 Å². The number of ketones is 1. The summed E-state index contributed by atoms with van der Waals surface area (Å²) in [5.41, 5.74) is 0.483. The van der Waals surface area contributed by atoms with Crippen molar-refractivity contribution in [3.8, 4) is 0 Å². The molecule has 17 heavy (non-hydrogen) atoms. The highest BCUT2D eigenvalue weighted by molar-refractivity contribution is 7.11. The average molecular weight is 252 g/mol. The monoisotopic (exact) mass is 252 g/mol. The van der Waals surface area contributed by atoms with Gasteiger partial charge in [0.15, 0.2) is 5.83 Å². The van der Waals surface area contributed by atoms with E-state index < -0.39 is 11.6 Å². The lowest BCUT2D eigenvalue weighted by Crippen LogP contribution is -2.02. The molecule has 1 rings (SSSR count). The molecule has 0 atom stereocenters. The Labute approximate surface area is 103 Å². The number of carbonyl (C=O) groups is 1. The van der Waals surface area contributed by atoms with Gasteiger partial charge in [-0.1, -0.05) is 19.6 Å². The molecule has 0 aromatic carbocycles. The predicted octanol–water partition coefficient (Wildman–Crippen LogP) is 4.04. The van der Waals surface area contributed by atoms with Crippen molar-refractivity contribution in [1.82, 2.24) is 0 Å². The summed E-state index contributed by atoms with van der Waals surface area (Å²) in [5.74, 6) is -1.71. The molecule has 0 radical (unpaired) electrons. The maximum absolute atomic E-state index is 13.6. The van der Waals surface area contributed by atoms with Crippen molar-refractivity contribution in [1.29, 1.82) is 0 Å². The van der Waals surface area contributed by atoms with Crippen LogP contribution in [0.5, 0.6) is 0 Å². The molecule has 0 aliphatic heterocycles. The smallest absolute Gasteiger partial charge is 0.220 e. The highest BCUT2D eigenvalue weighted by Crippen LogP contribution is 2.22. The molecule has 0 saturated carbocycles. The maximum Gasteiger partial charge on any atom is 0.220 e. The predicted molar refractivity (Wildman–Crippen MR) is 68.6 cm³/mol. The molecule has 0 aliphatic rings. The van der Waals surface area contributed by atoms with Gasteiger partial charge in [0, 0.05) is 10.5 Å². The van der Waals surface area contributed by atoms with E-state index in [2.05, 4.69) is 6.58 Å². The van der Waals surface area contributed by atoms with E-state index in [1.807, 2.05) is 11.4 Å². The van der Waals surface area contributed by atoms with Crippen LogP contribution in [0.4, 0.5) is 4.39 Å². The number of Topliss-reactive ketones (excluding diaryl/α,β-unsaturated/α-hetero) is 1. The van der Waals surface area contributed by atoms with E-state index in [0.29, 0.717) is 11.8 Å². The Hall–Kier alpha value is -1.68. The van der Waals surface area contributed by atoms with Gasteiger partial charge in [0.1, 0.15) is 0 Å². The summed E-state index contributed by atoms with van der Waals surface area (Å²) in [5, 5.41) is 10.6. The van der Waals surface area contributed by atoms with Gasteiger partial charge >= 0.3 is 0 Å². The standard InChI is InChI=1S/C13H13FO2S/c1-3-10(8-15)13(16)11(14)7-9(2)12-5-4-6-17-12/h4-8,15H,2-3H2,1H3/b10-8?,11-7+. The van der Waals surface area contributed by atoms with Crippen LogP contribution >= 0.6 is 11.3 Å². The first kappa shape index (κ1) is 13.4. The minimum Gasteiger partial charge on any atom is -0.515 e. The normalized spacial score (nSPS) is 12.6. The van der Waals surface area contributed by atoms with Gasteiger partial charge in [0.05, 0.1) is 6.26 Å². The second kappa shape index (κ2) is 6.15. The number of hydrogen-bond donors (Lipinski definition) is 1. The first-order valence-electron chi connectivity index (χ1n) is 5.08. The third-order valence-corrected chi connectivity index (χ3v) is 3.13. The number of hydrogen-bond acceptors (Lipinski definition) is 3. The zero-order valence-corrected chi connectivity index (χ0v) is 10.3. The lowest BCUT2D eigenvalue weighted by molar-refractivity contribution is -0.113. The largest absolute Gasteiger partial charge is 0.515 e. The van der Waals surface area contributed by atoms with Crippen molar-refractivity contribution >= 4 is 22.7 Å². The van der Waals surface area contributed by atoms with Crippen molar-refractivity contribution in [2.75, 3.05) is 0 Å². The maximum atomic E-state index is 13.6. The van der Waals surface area contributed by atoms with E-state index in [1.54, 1.807) is 13.0 Å². The van der Waals surface area contributed by atoms with Gasteiger partial charge in [-0.25, -0.2) is 4.39 Å². The summed E-state index contributed by atoms with van der Waals surface area (Å²) in [6, 6.07) is 3.62. The zero-order chi connectivity index (χ0) is 12.8. The first-order chi connectivity index (χ1) is 8.10. The van der Waals surface area contributed by atoms with Crippen LogP contribution in [-0.2, 0) is 4.79 Å². The number of rotatable bonds is 5. The molecule has 0 spiro atoms. The Morgan fingerprint density at radius 3 is 2.82 bits per heavy atom. The summed E-state index contributed by atoms with van der Waals surface area (Å²) in [6.45, 7) is 5.36. The van der Waals surface area contributed by atoms with Crippen molar-refractivity contribution < 1.29 is 14.3 Å². The Bertz CT molecular complexity index is 470. The molecule has 4 heteroatoms. The third-order valence-electron chi connectivity index (χ3n) is 2.18. The van der Waals surface area contributed by atoms with Crippen LogP contribution < -0.4 is 0 Å². The number of aliphatic hydroxyl groups is 1. The summed E-state index contributed by atoms with van der Waals surface area (Å²) < 4.78 is 13.6. The highest BCUT2D eigenvalue weighted by Gasteiger charge is 2.14. The van der Waals surface area contributed by atoms with Crippen molar-refractivity contribution in [2.24, 2.45) is 0 Å². The molecule has 0 aliphatic carbocycles. The van der Waals surface area contributed by atoms with Crippen LogP contribution in [0.1, 0.15) is 18.2 Å². The highest BCUT2D eigenvalue weighted by atomic mass is 32.1. The number of halogens is 1. The molecule has 2 nitrogen and oxygen atoms in total. The van der Waals surface area contributed by atoms with Gasteiger partial charge in [-0.3, -0.25) is 4.79 Å². The SMILES string of the molecule is C=C(/C=C(/F)C(=O)C(=CO)CC)c1cccs1. The van der Waals surface area contributed by atoms with Gasteiger partial charge in [0.25, 0.3) is 0 Å². The molecule has 90 valence electrons. The Morgan fingerprint density at radius 1 is 1.65 bits per heavy atom. The Morgan fingerprint density at radius 2 is 2.35 bits per heavy atom.